The number of benzene rings is 3. The Labute approximate surface area is 210 Å². The standard InChI is InChI=1S/C29H27N3O4/c1-19-5-3-4-6-22(19)12-11-20-7-9-21(10-8-20)15-27(33)30-24-14-13-23-18-32(2)29(36)26(17-28(34)35)31-25(23)16-24/h3-10,13-14,16,26,31H,15,17-18H2,1-2H3,(H,30,33)(H,34,35). The van der Waals surface area contributed by atoms with Gasteiger partial charge in [0, 0.05) is 36.1 Å². The highest BCUT2D eigenvalue weighted by atomic mass is 16.4. The molecule has 4 rings (SSSR count). The summed E-state index contributed by atoms with van der Waals surface area (Å²) in [6.07, 6.45) is -0.136. The number of carboxylic acid groups (broad SMARTS) is 1. The number of amides is 2. The molecule has 182 valence electrons. The lowest BCUT2D eigenvalue weighted by Gasteiger charge is -2.19. The maximum atomic E-state index is 12.7. The molecule has 1 aliphatic rings. The van der Waals surface area contributed by atoms with Crippen LogP contribution in [0.25, 0.3) is 0 Å². The minimum absolute atomic E-state index is 0.183. The SMILES string of the molecule is Cc1ccccc1C#Cc1ccc(CC(=O)Nc2ccc3c(c2)NC(CC(=O)O)C(=O)N(C)C3)cc1. The summed E-state index contributed by atoms with van der Waals surface area (Å²) in [4.78, 5) is 37.8. The molecule has 36 heavy (non-hydrogen) atoms. The molecule has 0 saturated carbocycles. The second kappa shape index (κ2) is 10.8. The Balaban J connectivity index is 1.41. The van der Waals surface area contributed by atoms with E-state index in [0.29, 0.717) is 17.9 Å². The minimum Gasteiger partial charge on any atom is -0.481 e. The normalized spacial score (nSPS) is 14.6. The van der Waals surface area contributed by atoms with Crippen molar-refractivity contribution in [2.75, 3.05) is 17.7 Å². The number of nitrogens with zero attached hydrogens (tertiary/aromatic N) is 1. The van der Waals surface area contributed by atoms with Crippen molar-refractivity contribution in [1.82, 2.24) is 4.90 Å². The molecule has 1 heterocycles. The molecule has 7 heteroatoms. The van der Waals surface area contributed by atoms with Crippen LogP contribution in [-0.2, 0) is 27.3 Å². The van der Waals surface area contributed by atoms with E-state index in [-0.39, 0.29) is 24.7 Å². The molecule has 2 amide bonds. The molecule has 0 saturated heterocycles. The third-order valence-electron chi connectivity index (χ3n) is 5.99. The zero-order chi connectivity index (χ0) is 25.7. The van der Waals surface area contributed by atoms with Gasteiger partial charge in [0.1, 0.15) is 6.04 Å². The monoisotopic (exact) mass is 481 g/mol. The van der Waals surface area contributed by atoms with Crippen molar-refractivity contribution in [3.8, 4) is 11.8 Å². The van der Waals surface area contributed by atoms with Gasteiger partial charge < -0.3 is 20.6 Å². The predicted octanol–water partition coefficient (Wildman–Crippen LogP) is 3.80. The van der Waals surface area contributed by atoms with Crippen LogP contribution in [0.1, 0.15) is 34.2 Å². The molecule has 0 fully saturated rings. The van der Waals surface area contributed by atoms with Crippen LogP contribution in [0.3, 0.4) is 0 Å². The smallest absolute Gasteiger partial charge is 0.305 e. The number of carboxylic acids is 1. The number of hydrogen-bond donors (Lipinski definition) is 3. The zero-order valence-corrected chi connectivity index (χ0v) is 20.2. The molecular formula is C29H27N3O4. The number of aliphatic carboxylic acids is 1. The van der Waals surface area contributed by atoms with Gasteiger partial charge in [-0.25, -0.2) is 0 Å². The second-order valence-corrected chi connectivity index (χ2v) is 8.85. The maximum absolute atomic E-state index is 12.7. The summed E-state index contributed by atoms with van der Waals surface area (Å²) < 4.78 is 0. The Bertz CT molecular complexity index is 1370. The maximum Gasteiger partial charge on any atom is 0.305 e. The quantitative estimate of drug-likeness (QED) is 0.482. The lowest BCUT2D eigenvalue weighted by atomic mass is 10.1. The Morgan fingerprint density at radius 2 is 1.83 bits per heavy atom. The van der Waals surface area contributed by atoms with E-state index < -0.39 is 12.0 Å². The molecule has 0 aromatic heterocycles. The summed E-state index contributed by atoms with van der Waals surface area (Å²) in [5.74, 6) is 4.81. The Kier molecular flexibility index (Phi) is 7.36. The lowest BCUT2D eigenvalue weighted by molar-refractivity contribution is -0.141. The van der Waals surface area contributed by atoms with E-state index in [1.54, 1.807) is 19.2 Å². The van der Waals surface area contributed by atoms with Crippen molar-refractivity contribution in [3.63, 3.8) is 0 Å². The zero-order valence-electron chi connectivity index (χ0n) is 20.2. The third-order valence-corrected chi connectivity index (χ3v) is 5.99. The van der Waals surface area contributed by atoms with Crippen LogP contribution in [0, 0.1) is 18.8 Å². The number of anilines is 2. The predicted molar refractivity (Wildman–Crippen MR) is 139 cm³/mol. The van der Waals surface area contributed by atoms with Crippen molar-refractivity contribution in [1.29, 1.82) is 0 Å². The van der Waals surface area contributed by atoms with Crippen molar-refractivity contribution in [3.05, 3.63) is 94.5 Å². The molecule has 1 unspecified atom stereocenters. The number of nitrogens with one attached hydrogen (secondary N) is 2. The Hall–Kier alpha value is -4.57. The second-order valence-electron chi connectivity index (χ2n) is 8.85. The van der Waals surface area contributed by atoms with Crippen LogP contribution in [0.2, 0.25) is 0 Å². The van der Waals surface area contributed by atoms with Crippen molar-refractivity contribution in [2.24, 2.45) is 0 Å². The highest BCUT2D eigenvalue weighted by Gasteiger charge is 2.29. The van der Waals surface area contributed by atoms with Crippen molar-refractivity contribution >= 4 is 29.2 Å². The molecule has 3 aromatic rings. The minimum atomic E-state index is -1.06. The summed E-state index contributed by atoms with van der Waals surface area (Å²) in [7, 11) is 1.64. The fourth-order valence-electron chi connectivity index (χ4n) is 4.04. The van der Waals surface area contributed by atoms with Gasteiger partial charge in [-0.15, -0.1) is 0 Å². The van der Waals surface area contributed by atoms with Gasteiger partial charge in [0.15, 0.2) is 0 Å². The first kappa shape index (κ1) is 24.6. The number of carbonyl (C=O) groups is 3. The molecular weight excluding hydrogens is 454 g/mol. The van der Waals surface area contributed by atoms with Gasteiger partial charge in [0.2, 0.25) is 11.8 Å². The highest BCUT2D eigenvalue weighted by Crippen LogP contribution is 2.27. The summed E-state index contributed by atoms with van der Waals surface area (Å²) in [5, 5.41) is 15.1. The van der Waals surface area contributed by atoms with Gasteiger partial charge in [-0.2, -0.15) is 0 Å². The molecule has 3 N–H and O–H groups in total. The Morgan fingerprint density at radius 3 is 2.56 bits per heavy atom. The lowest BCUT2D eigenvalue weighted by Crippen LogP contribution is -2.39. The van der Waals surface area contributed by atoms with Gasteiger partial charge in [-0.3, -0.25) is 14.4 Å². The molecule has 0 bridgehead atoms. The van der Waals surface area contributed by atoms with Crippen LogP contribution in [-0.4, -0.2) is 40.9 Å². The first-order valence-electron chi connectivity index (χ1n) is 11.6. The average molecular weight is 482 g/mol. The summed E-state index contributed by atoms with van der Waals surface area (Å²) in [6, 6.07) is 20.0. The third kappa shape index (κ3) is 6.10. The fourth-order valence-corrected chi connectivity index (χ4v) is 4.04. The number of carbonyl (C=O) groups excluding carboxylic acids is 2. The van der Waals surface area contributed by atoms with Gasteiger partial charge in [-0.05, 0) is 53.9 Å². The van der Waals surface area contributed by atoms with Crippen molar-refractivity contribution in [2.45, 2.75) is 32.4 Å². The first-order chi connectivity index (χ1) is 17.3. The van der Waals surface area contributed by atoms with Gasteiger partial charge in [0.25, 0.3) is 0 Å². The molecule has 7 nitrogen and oxygen atoms in total. The van der Waals surface area contributed by atoms with E-state index in [2.05, 4.69) is 22.5 Å². The topological polar surface area (TPSA) is 98.7 Å². The van der Waals surface area contributed by atoms with E-state index >= 15 is 0 Å². The van der Waals surface area contributed by atoms with Crippen LogP contribution in [0.5, 0.6) is 0 Å². The molecule has 3 aromatic carbocycles. The number of fused-ring (bicyclic) bond motifs is 1. The fraction of sp³-hybridized carbons (Fsp3) is 0.207. The molecule has 1 aliphatic heterocycles. The molecule has 0 aliphatic carbocycles. The van der Waals surface area contributed by atoms with Crippen molar-refractivity contribution < 1.29 is 19.5 Å². The molecule has 0 radical (unpaired) electrons. The van der Waals surface area contributed by atoms with Gasteiger partial charge in [-0.1, -0.05) is 48.2 Å². The summed E-state index contributed by atoms with van der Waals surface area (Å²) >= 11 is 0. The highest BCUT2D eigenvalue weighted by molar-refractivity contribution is 5.94. The van der Waals surface area contributed by atoms with Crippen LogP contribution in [0.4, 0.5) is 11.4 Å². The van der Waals surface area contributed by atoms with Gasteiger partial charge >= 0.3 is 5.97 Å². The molecule has 0 spiro atoms. The number of aryl methyl sites for hydroxylation is 1. The molecule has 1 atom stereocenters. The van der Waals surface area contributed by atoms with Crippen LogP contribution >= 0.6 is 0 Å². The van der Waals surface area contributed by atoms with Crippen LogP contribution < -0.4 is 10.6 Å². The first-order valence-corrected chi connectivity index (χ1v) is 11.6. The van der Waals surface area contributed by atoms with E-state index in [1.165, 1.54) is 4.90 Å². The van der Waals surface area contributed by atoms with Crippen LogP contribution in [0.15, 0.2) is 66.7 Å². The summed E-state index contributed by atoms with van der Waals surface area (Å²) in [6.45, 7) is 2.38. The number of hydrogen-bond acceptors (Lipinski definition) is 4. The largest absolute Gasteiger partial charge is 0.481 e. The average Bonchev–Trinajstić information content (AvgIpc) is 2.95. The van der Waals surface area contributed by atoms with Gasteiger partial charge in [0.05, 0.1) is 12.8 Å². The number of likely N-dealkylation sites (N-methyl/N-ethyl adjacent to an activating group) is 1. The van der Waals surface area contributed by atoms with E-state index in [0.717, 1.165) is 27.8 Å². The van der Waals surface area contributed by atoms with E-state index in [4.69, 9.17) is 5.11 Å². The van der Waals surface area contributed by atoms with E-state index in [9.17, 15) is 14.4 Å². The summed E-state index contributed by atoms with van der Waals surface area (Å²) in [5.41, 5.74) is 5.89. The van der Waals surface area contributed by atoms with E-state index in [1.807, 2.05) is 61.5 Å². The Morgan fingerprint density at radius 1 is 1.08 bits per heavy atom. The number of rotatable bonds is 5.